The van der Waals surface area contributed by atoms with Crippen LogP contribution < -0.4 is 5.32 Å². The third-order valence-electron chi connectivity index (χ3n) is 3.58. The molecule has 0 saturated heterocycles. The molecule has 7 heteroatoms. The predicted octanol–water partition coefficient (Wildman–Crippen LogP) is 4.95. The molecule has 0 unspecified atom stereocenters. The first-order chi connectivity index (χ1) is 12.0. The minimum atomic E-state index is -0.716. The molecular weight excluding hydrogens is 410 g/mol. The molecule has 25 heavy (non-hydrogen) atoms. The van der Waals surface area contributed by atoms with Gasteiger partial charge in [-0.2, -0.15) is 0 Å². The monoisotopic (exact) mass is 421 g/mol. The van der Waals surface area contributed by atoms with Gasteiger partial charge in [0.1, 0.15) is 0 Å². The van der Waals surface area contributed by atoms with Gasteiger partial charge in [0.25, 0.3) is 5.91 Å². The predicted molar refractivity (Wildman–Crippen MR) is 99.0 cm³/mol. The van der Waals surface area contributed by atoms with Gasteiger partial charge in [-0.25, -0.2) is 4.79 Å². The van der Waals surface area contributed by atoms with E-state index < -0.39 is 18.5 Å². The minimum absolute atomic E-state index is 0.0387. The van der Waals surface area contributed by atoms with Crippen molar-refractivity contribution in [2.45, 2.75) is 6.92 Å². The van der Waals surface area contributed by atoms with Crippen LogP contribution in [0, 0.1) is 6.92 Å². The topological polar surface area (TPSA) is 68.5 Å². The SMILES string of the molecule is Cc1c(C(=O)OCC(=O)Nc2ccccc2Br)oc2c(Cl)cccc12. The molecule has 5 nitrogen and oxygen atoms in total. The lowest BCUT2D eigenvalue weighted by Gasteiger charge is -2.07. The summed E-state index contributed by atoms with van der Waals surface area (Å²) in [6, 6.07) is 12.4. The Labute approximate surface area is 157 Å². The highest BCUT2D eigenvalue weighted by molar-refractivity contribution is 9.10. The quantitative estimate of drug-likeness (QED) is 0.604. The second-order valence-corrected chi connectivity index (χ2v) is 6.54. The van der Waals surface area contributed by atoms with Crippen molar-refractivity contribution in [1.29, 1.82) is 0 Å². The number of carbonyl (C=O) groups excluding carboxylic acids is 2. The van der Waals surface area contributed by atoms with Gasteiger partial charge < -0.3 is 14.5 Å². The molecule has 1 heterocycles. The van der Waals surface area contributed by atoms with Crippen LogP contribution in [-0.4, -0.2) is 18.5 Å². The number of hydrogen-bond donors (Lipinski definition) is 1. The summed E-state index contributed by atoms with van der Waals surface area (Å²) in [5.74, 6) is -1.13. The maximum absolute atomic E-state index is 12.2. The van der Waals surface area contributed by atoms with E-state index in [1.54, 1.807) is 43.3 Å². The normalized spacial score (nSPS) is 10.7. The van der Waals surface area contributed by atoms with E-state index in [4.69, 9.17) is 20.8 Å². The Morgan fingerprint density at radius 3 is 2.68 bits per heavy atom. The average Bonchev–Trinajstić information content (AvgIpc) is 2.93. The molecular formula is C18H13BrClNO4. The van der Waals surface area contributed by atoms with Gasteiger partial charge >= 0.3 is 5.97 Å². The highest BCUT2D eigenvalue weighted by atomic mass is 79.9. The number of anilines is 1. The molecule has 128 valence electrons. The van der Waals surface area contributed by atoms with E-state index in [2.05, 4.69) is 21.2 Å². The second-order valence-electron chi connectivity index (χ2n) is 5.28. The lowest BCUT2D eigenvalue weighted by atomic mass is 10.1. The van der Waals surface area contributed by atoms with Crippen molar-refractivity contribution in [3.8, 4) is 0 Å². The zero-order chi connectivity index (χ0) is 18.0. The Morgan fingerprint density at radius 1 is 1.20 bits per heavy atom. The van der Waals surface area contributed by atoms with E-state index >= 15 is 0 Å². The van der Waals surface area contributed by atoms with E-state index in [1.807, 2.05) is 6.07 Å². The fourth-order valence-electron chi connectivity index (χ4n) is 2.35. The molecule has 0 saturated carbocycles. The van der Waals surface area contributed by atoms with Gasteiger partial charge in [-0.05, 0) is 41.1 Å². The van der Waals surface area contributed by atoms with Gasteiger partial charge in [0.15, 0.2) is 12.2 Å². The first-order valence-electron chi connectivity index (χ1n) is 7.36. The summed E-state index contributed by atoms with van der Waals surface area (Å²) >= 11 is 9.39. The number of para-hydroxylation sites is 2. The Bertz CT molecular complexity index is 967. The smallest absolute Gasteiger partial charge is 0.375 e. The van der Waals surface area contributed by atoms with E-state index in [0.717, 1.165) is 9.86 Å². The van der Waals surface area contributed by atoms with Crippen LogP contribution in [0.1, 0.15) is 16.1 Å². The summed E-state index contributed by atoms with van der Waals surface area (Å²) < 4.78 is 11.3. The first-order valence-corrected chi connectivity index (χ1v) is 8.53. The van der Waals surface area contributed by atoms with Crippen molar-refractivity contribution in [3.63, 3.8) is 0 Å². The number of amides is 1. The van der Waals surface area contributed by atoms with E-state index in [-0.39, 0.29) is 5.76 Å². The number of aryl methyl sites for hydroxylation is 1. The molecule has 1 aromatic heterocycles. The summed E-state index contributed by atoms with van der Waals surface area (Å²) in [6.45, 7) is 1.31. The molecule has 0 aliphatic rings. The van der Waals surface area contributed by atoms with Crippen LogP contribution in [0.15, 0.2) is 51.4 Å². The molecule has 1 N–H and O–H groups in total. The molecule has 3 aromatic rings. The van der Waals surface area contributed by atoms with Crippen LogP contribution in [-0.2, 0) is 9.53 Å². The number of benzene rings is 2. The maximum atomic E-state index is 12.2. The number of carbonyl (C=O) groups is 2. The molecule has 3 rings (SSSR count). The summed E-state index contributed by atoms with van der Waals surface area (Å²) in [6.07, 6.45) is 0. The molecule has 0 atom stereocenters. The first kappa shape index (κ1) is 17.5. The Morgan fingerprint density at radius 2 is 1.96 bits per heavy atom. The number of nitrogens with one attached hydrogen (secondary N) is 1. The van der Waals surface area contributed by atoms with E-state index in [1.165, 1.54) is 0 Å². The standard InChI is InChI=1S/C18H13BrClNO4/c1-10-11-5-4-7-13(20)17(11)25-16(10)18(23)24-9-15(22)21-14-8-3-2-6-12(14)19/h2-8H,9H2,1H3,(H,21,22). The lowest BCUT2D eigenvalue weighted by Crippen LogP contribution is -2.21. The fraction of sp³-hybridized carbons (Fsp3) is 0.111. The zero-order valence-corrected chi connectivity index (χ0v) is 15.5. The molecule has 0 radical (unpaired) electrons. The van der Waals surface area contributed by atoms with E-state index in [0.29, 0.717) is 21.9 Å². The molecule has 0 aliphatic carbocycles. The van der Waals surface area contributed by atoms with Crippen molar-refractivity contribution >= 4 is 56.1 Å². The largest absolute Gasteiger partial charge is 0.450 e. The minimum Gasteiger partial charge on any atom is -0.450 e. The Kier molecular flexibility index (Phi) is 5.11. The fourth-order valence-corrected chi connectivity index (χ4v) is 2.95. The highest BCUT2D eigenvalue weighted by Crippen LogP contribution is 2.31. The molecule has 0 aliphatic heterocycles. The van der Waals surface area contributed by atoms with Gasteiger partial charge in [0, 0.05) is 15.4 Å². The Balaban J connectivity index is 1.69. The second kappa shape index (κ2) is 7.29. The summed E-state index contributed by atoms with van der Waals surface area (Å²) in [4.78, 5) is 24.2. The van der Waals surface area contributed by atoms with Crippen LogP contribution >= 0.6 is 27.5 Å². The highest BCUT2D eigenvalue weighted by Gasteiger charge is 2.21. The molecule has 1 amide bonds. The summed E-state index contributed by atoms with van der Waals surface area (Å²) in [7, 11) is 0. The Hall–Kier alpha value is -2.31. The molecule has 0 bridgehead atoms. The van der Waals surface area contributed by atoms with Gasteiger partial charge in [-0.15, -0.1) is 0 Å². The van der Waals surface area contributed by atoms with Gasteiger partial charge in [-0.1, -0.05) is 35.9 Å². The van der Waals surface area contributed by atoms with Crippen LogP contribution in [0.5, 0.6) is 0 Å². The third kappa shape index (κ3) is 3.70. The van der Waals surface area contributed by atoms with Gasteiger partial charge in [0.05, 0.1) is 10.7 Å². The number of furan rings is 1. The molecule has 2 aromatic carbocycles. The van der Waals surface area contributed by atoms with Crippen LogP contribution in [0.2, 0.25) is 5.02 Å². The number of halogens is 2. The number of ether oxygens (including phenoxy) is 1. The summed E-state index contributed by atoms with van der Waals surface area (Å²) in [5.41, 5.74) is 1.63. The van der Waals surface area contributed by atoms with Gasteiger partial charge in [-0.3, -0.25) is 4.79 Å². The third-order valence-corrected chi connectivity index (χ3v) is 4.57. The zero-order valence-electron chi connectivity index (χ0n) is 13.1. The van der Waals surface area contributed by atoms with Crippen molar-refractivity contribution in [1.82, 2.24) is 0 Å². The van der Waals surface area contributed by atoms with Crippen molar-refractivity contribution in [3.05, 3.63) is 63.3 Å². The van der Waals surface area contributed by atoms with Crippen LogP contribution in [0.4, 0.5) is 5.69 Å². The number of esters is 1. The van der Waals surface area contributed by atoms with Crippen molar-refractivity contribution in [2.24, 2.45) is 0 Å². The van der Waals surface area contributed by atoms with Crippen LogP contribution in [0.25, 0.3) is 11.0 Å². The average molecular weight is 423 g/mol. The van der Waals surface area contributed by atoms with Crippen molar-refractivity contribution in [2.75, 3.05) is 11.9 Å². The maximum Gasteiger partial charge on any atom is 0.375 e. The number of hydrogen-bond acceptors (Lipinski definition) is 4. The molecule has 0 fully saturated rings. The van der Waals surface area contributed by atoms with Crippen molar-refractivity contribution < 1.29 is 18.7 Å². The number of rotatable bonds is 4. The summed E-state index contributed by atoms with van der Waals surface area (Å²) in [5, 5.41) is 3.79. The van der Waals surface area contributed by atoms with Crippen LogP contribution in [0.3, 0.4) is 0 Å². The van der Waals surface area contributed by atoms with E-state index in [9.17, 15) is 9.59 Å². The molecule has 0 spiro atoms. The van der Waals surface area contributed by atoms with Gasteiger partial charge in [0.2, 0.25) is 5.76 Å². The lowest BCUT2D eigenvalue weighted by molar-refractivity contribution is -0.119. The number of fused-ring (bicyclic) bond motifs is 1.